The summed E-state index contributed by atoms with van der Waals surface area (Å²) in [5, 5.41) is 22.4. The van der Waals surface area contributed by atoms with E-state index in [1.807, 2.05) is 53.2 Å². The molecule has 1 N–H and O–H groups in total. The van der Waals surface area contributed by atoms with Crippen LogP contribution in [-0.2, 0) is 13.2 Å². The van der Waals surface area contributed by atoms with Gasteiger partial charge in [0.25, 0.3) is 0 Å². The smallest absolute Gasteiger partial charge is 0.164 e. The van der Waals surface area contributed by atoms with Crippen molar-refractivity contribution in [2.24, 2.45) is 0 Å². The van der Waals surface area contributed by atoms with Gasteiger partial charge in [-0.3, -0.25) is 0 Å². The fraction of sp³-hybridized carbons (Fsp3) is 0.105. The zero-order valence-corrected chi connectivity index (χ0v) is 13.5. The molecule has 0 bridgehead atoms. The van der Waals surface area contributed by atoms with Crippen LogP contribution in [0.15, 0.2) is 73.3 Å². The highest BCUT2D eigenvalue weighted by Gasteiger charge is 2.13. The number of rotatable bonds is 5. The number of hydrogen-bond acceptors (Lipinski definition) is 4. The summed E-state index contributed by atoms with van der Waals surface area (Å²) >= 11 is 0. The minimum Gasteiger partial charge on any atom is -0.392 e. The molecule has 0 aliphatic heterocycles. The molecule has 0 radical (unpaired) electrons. The van der Waals surface area contributed by atoms with E-state index in [2.05, 4.69) is 27.4 Å². The lowest BCUT2D eigenvalue weighted by molar-refractivity contribution is 0.282. The van der Waals surface area contributed by atoms with Crippen molar-refractivity contribution in [3.8, 4) is 17.1 Å². The summed E-state index contributed by atoms with van der Waals surface area (Å²) in [6, 6.07) is 17.8. The molecule has 0 spiro atoms. The monoisotopic (exact) mass is 331 g/mol. The summed E-state index contributed by atoms with van der Waals surface area (Å²) in [6.07, 6.45) is 5.33. The van der Waals surface area contributed by atoms with Crippen LogP contribution < -0.4 is 0 Å². The third-order valence-corrected chi connectivity index (χ3v) is 4.08. The van der Waals surface area contributed by atoms with Gasteiger partial charge in [0, 0.05) is 18.0 Å². The van der Waals surface area contributed by atoms with Crippen molar-refractivity contribution < 1.29 is 5.11 Å². The third-order valence-electron chi connectivity index (χ3n) is 4.08. The molecule has 0 saturated carbocycles. The number of nitrogens with zero attached hydrogens (tertiary/aromatic N) is 5. The van der Waals surface area contributed by atoms with Gasteiger partial charge < -0.3 is 9.67 Å². The maximum atomic E-state index is 9.74. The van der Waals surface area contributed by atoms with Gasteiger partial charge in [-0.15, -0.1) is 10.2 Å². The Hall–Kier alpha value is -3.25. The van der Waals surface area contributed by atoms with E-state index in [1.165, 1.54) is 0 Å². The first-order valence-corrected chi connectivity index (χ1v) is 8.01. The van der Waals surface area contributed by atoms with E-state index in [9.17, 15) is 5.11 Å². The average molecular weight is 331 g/mol. The Balaban J connectivity index is 1.77. The quantitative estimate of drug-likeness (QED) is 0.610. The number of hydrogen-bond donors (Lipinski definition) is 1. The molecule has 0 fully saturated rings. The largest absolute Gasteiger partial charge is 0.392 e. The second kappa shape index (κ2) is 6.70. The van der Waals surface area contributed by atoms with Crippen molar-refractivity contribution >= 4 is 0 Å². The van der Waals surface area contributed by atoms with Crippen LogP contribution in [0.5, 0.6) is 0 Å². The van der Waals surface area contributed by atoms with Gasteiger partial charge >= 0.3 is 0 Å². The van der Waals surface area contributed by atoms with Crippen molar-refractivity contribution in [2.75, 3.05) is 0 Å². The van der Waals surface area contributed by atoms with Crippen LogP contribution in [0.2, 0.25) is 0 Å². The lowest BCUT2D eigenvalue weighted by Gasteiger charge is -2.12. The van der Waals surface area contributed by atoms with Gasteiger partial charge in [-0.05, 0) is 29.3 Å². The molecule has 0 aliphatic carbocycles. The highest BCUT2D eigenvalue weighted by atomic mass is 16.3. The number of aromatic nitrogens is 5. The molecule has 124 valence electrons. The van der Waals surface area contributed by atoms with Crippen molar-refractivity contribution in [3.63, 3.8) is 0 Å². The highest BCUT2D eigenvalue weighted by molar-refractivity contribution is 5.64. The summed E-state index contributed by atoms with van der Waals surface area (Å²) in [5.74, 6) is 0.724. The Labute approximate surface area is 145 Å². The molecular formula is C19H17N5O. The third kappa shape index (κ3) is 3.07. The van der Waals surface area contributed by atoms with Gasteiger partial charge in [-0.25, -0.2) is 4.68 Å². The van der Waals surface area contributed by atoms with Gasteiger partial charge in [0.15, 0.2) is 5.82 Å². The van der Waals surface area contributed by atoms with Crippen LogP contribution in [0.25, 0.3) is 17.1 Å². The first kappa shape index (κ1) is 15.3. The zero-order valence-electron chi connectivity index (χ0n) is 13.5. The second-order valence-corrected chi connectivity index (χ2v) is 5.72. The minimum atomic E-state index is -0.0626. The van der Waals surface area contributed by atoms with Crippen LogP contribution in [0.4, 0.5) is 0 Å². The maximum Gasteiger partial charge on any atom is 0.164 e. The van der Waals surface area contributed by atoms with Gasteiger partial charge in [0.2, 0.25) is 0 Å². The van der Waals surface area contributed by atoms with Crippen LogP contribution in [0.1, 0.15) is 11.1 Å². The Morgan fingerprint density at radius 3 is 2.64 bits per heavy atom. The van der Waals surface area contributed by atoms with E-state index < -0.39 is 0 Å². The van der Waals surface area contributed by atoms with Crippen molar-refractivity contribution in [2.45, 2.75) is 13.2 Å². The van der Waals surface area contributed by atoms with Crippen LogP contribution in [0.3, 0.4) is 0 Å². The van der Waals surface area contributed by atoms with Crippen molar-refractivity contribution in [1.82, 2.24) is 24.5 Å². The summed E-state index contributed by atoms with van der Waals surface area (Å²) < 4.78 is 3.76. The van der Waals surface area contributed by atoms with Gasteiger partial charge in [-0.1, -0.05) is 36.4 Å². The summed E-state index contributed by atoms with van der Waals surface area (Å²) in [6.45, 7) is 0.604. The lowest BCUT2D eigenvalue weighted by atomic mass is 10.1. The van der Waals surface area contributed by atoms with Gasteiger partial charge in [0.1, 0.15) is 6.33 Å². The van der Waals surface area contributed by atoms with E-state index in [1.54, 1.807) is 17.2 Å². The fourth-order valence-electron chi connectivity index (χ4n) is 2.83. The van der Waals surface area contributed by atoms with Gasteiger partial charge in [0.05, 0.1) is 18.8 Å². The normalized spacial score (nSPS) is 10.9. The van der Waals surface area contributed by atoms with Crippen molar-refractivity contribution in [3.05, 3.63) is 84.4 Å². The molecule has 0 saturated heterocycles. The Bertz CT molecular complexity index is 961. The van der Waals surface area contributed by atoms with E-state index in [-0.39, 0.29) is 6.61 Å². The molecule has 2 heterocycles. The Morgan fingerprint density at radius 2 is 1.88 bits per heavy atom. The molecule has 4 rings (SSSR count). The molecule has 25 heavy (non-hydrogen) atoms. The number of benzene rings is 2. The van der Waals surface area contributed by atoms with E-state index >= 15 is 0 Å². The van der Waals surface area contributed by atoms with Crippen LogP contribution in [0, 0.1) is 0 Å². The van der Waals surface area contributed by atoms with Gasteiger partial charge in [-0.2, -0.15) is 5.10 Å². The molecule has 0 unspecified atom stereocenters. The second-order valence-electron chi connectivity index (χ2n) is 5.72. The summed E-state index contributed by atoms with van der Waals surface area (Å²) in [4.78, 5) is 0. The minimum absolute atomic E-state index is 0.0626. The topological polar surface area (TPSA) is 68.8 Å². The first-order chi connectivity index (χ1) is 12.3. The Kier molecular flexibility index (Phi) is 4.10. The molecule has 2 aromatic carbocycles. The summed E-state index contributed by atoms with van der Waals surface area (Å²) in [7, 11) is 0. The zero-order chi connectivity index (χ0) is 17.1. The summed E-state index contributed by atoms with van der Waals surface area (Å²) in [5.41, 5.74) is 3.73. The van der Waals surface area contributed by atoms with E-state index in [0.29, 0.717) is 6.54 Å². The average Bonchev–Trinajstić information content (AvgIpc) is 3.34. The fourth-order valence-corrected chi connectivity index (χ4v) is 2.83. The first-order valence-electron chi connectivity index (χ1n) is 8.01. The lowest BCUT2D eigenvalue weighted by Crippen LogP contribution is -2.04. The molecular weight excluding hydrogens is 314 g/mol. The standard InChI is InChI=1S/C19H17N5O/c25-13-16-7-8-17(24-10-4-9-21-24)11-18(16)19-22-20-14-23(19)12-15-5-2-1-3-6-15/h1-11,14,25H,12-13H2. The molecule has 6 nitrogen and oxygen atoms in total. The predicted octanol–water partition coefficient (Wildman–Crippen LogP) is 2.67. The molecule has 6 heteroatoms. The van der Waals surface area contributed by atoms with Crippen LogP contribution in [-0.4, -0.2) is 29.7 Å². The molecule has 0 amide bonds. The molecule has 0 aliphatic rings. The Morgan fingerprint density at radius 1 is 1.00 bits per heavy atom. The van der Waals surface area contributed by atoms with E-state index in [0.717, 1.165) is 28.2 Å². The maximum absolute atomic E-state index is 9.74. The SMILES string of the molecule is OCc1ccc(-n2cccn2)cc1-c1nncn1Cc1ccccc1. The van der Waals surface area contributed by atoms with Crippen LogP contribution >= 0.6 is 0 Å². The number of aliphatic hydroxyl groups is 1. The molecule has 0 atom stereocenters. The molecule has 2 aromatic heterocycles. The van der Waals surface area contributed by atoms with Crippen molar-refractivity contribution in [1.29, 1.82) is 0 Å². The molecule has 4 aromatic rings. The predicted molar refractivity (Wildman–Crippen MR) is 94.0 cm³/mol. The highest BCUT2D eigenvalue weighted by Crippen LogP contribution is 2.25. The van der Waals surface area contributed by atoms with E-state index in [4.69, 9.17) is 0 Å². The number of aliphatic hydroxyl groups excluding tert-OH is 1.